The molecule has 4 heteroatoms. The lowest BCUT2D eigenvalue weighted by Crippen LogP contribution is -2.55. The summed E-state index contributed by atoms with van der Waals surface area (Å²) in [5.74, 6) is 0.865. The SMILES string of the molecule is CCC(C)Oc1ccc(C2(C)Nc3ccccc3C(=O)N2Cc2ccccc2)cc1. The van der Waals surface area contributed by atoms with Crippen molar-refractivity contribution in [3.63, 3.8) is 0 Å². The molecule has 0 saturated heterocycles. The molecule has 0 bridgehead atoms. The van der Waals surface area contributed by atoms with Crippen LogP contribution in [0.4, 0.5) is 5.69 Å². The van der Waals surface area contributed by atoms with Crippen molar-refractivity contribution in [2.24, 2.45) is 0 Å². The highest BCUT2D eigenvalue weighted by Crippen LogP contribution is 2.39. The Labute approximate surface area is 178 Å². The molecule has 2 atom stereocenters. The molecule has 0 saturated carbocycles. The molecule has 1 aliphatic rings. The number of amides is 1. The number of nitrogens with one attached hydrogen (secondary N) is 1. The van der Waals surface area contributed by atoms with Gasteiger partial charge in [0.25, 0.3) is 5.91 Å². The second-order valence-corrected chi connectivity index (χ2v) is 7.98. The number of nitrogens with zero attached hydrogens (tertiary/aromatic N) is 1. The van der Waals surface area contributed by atoms with E-state index in [1.807, 2.05) is 71.6 Å². The highest BCUT2D eigenvalue weighted by atomic mass is 16.5. The minimum absolute atomic E-state index is 0.0237. The van der Waals surface area contributed by atoms with E-state index < -0.39 is 5.66 Å². The van der Waals surface area contributed by atoms with Gasteiger partial charge in [0.1, 0.15) is 11.4 Å². The van der Waals surface area contributed by atoms with Gasteiger partial charge in [0.2, 0.25) is 0 Å². The number of anilines is 1. The third kappa shape index (κ3) is 3.78. The van der Waals surface area contributed by atoms with Gasteiger partial charge in [-0.3, -0.25) is 4.79 Å². The minimum Gasteiger partial charge on any atom is -0.491 e. The van der Waals surface area contributed by atoms with Gasteiger partial charge in [0, 0.05) is 12.2 Å². The molecule has 0 fully saturated rings. The summed E-state index contributed by atoms with van der Waals surface area (Å²) in [6, 6.07) is 25.9. The molecule has 1 heterocycles. The minimum atomic E-state index is -0.684. The van der Waals surface area contributed by atoms with E-state index in [9.17, 15) is 4.79 Å². The number of ether oxygens (including phenoxy) is 1. The van der Waals surface area contributed by atoms with Crippen LogP contribution in [0.5, 0.6) is 5.75 Å². The van der Waals surface area contributed by atoms with Crippen LogP contribution in [0.3, 0.4) is 0 Å². The van der Waals surface area contributed by atoms with Gasteiger partial charge in [-0.05, 0) is 55.7 Å². The second kappa shape index (κ2) is 8.23. The molecule has 4 nitrogen and oxygen atoms in total. The fourth-order valence-electron chi connectivity index (χ4n) is 3.85. The van der Waals surface area contributed by atoms with Crippen LogP contribution >= 0.6 is 0 Å². The van der Waals surface area contributed by atoms with Crippen molar-refractivity contribution in [2.75, 3.05) is 5.32 Å². The molecule has 0 aliphatic carbocycles. The van der Waals surface area contributed by atoms with Gasteiger partial charge in [0.15, 0.2) is 0 Å². The molecular formula is C26H28N2O2. The molecule has 30 heavy (non-hydrogen) atoms. The summed E-state index contributed by atoms with van der Waals surface area (Å²) in [5, 5.41) is 3.63. The predicted octanol–water partition coefficient (Wildman–Crippen LogP) is 5.80. The molecule has 3 aromatic carbocycles. The van der Waals surface area contributed by atoms with E-state index in [0.717, 1.165) is 29.0 Å². The van der Waals surface area contributed by atoms with Gasteiger partial charge in [-0.1, -0.05) is 61.5 Å². The summed E-state index contributed by atoms with van der Waals surface area (Å²) in [6.07, 6.45) is 1.12. The monoisotopic (exact) mass is 400 g/mol. The van der Waals surface area contributed by atoms with Crippen LogP contribution in [-0.4, -0.2) is 16.9 Å². The number of carbonyl (C=O) groups excluding carboxylic acids is 1. The van der Waals surface area contributed by atoms with Crippen molar-refractivity contribution in [2.45, 2.75) is 45.5 Å². The first kappa shape index (κ1) is 20.0. The zero-order valence-corrected chi connectivity index (χ0v) is 17.8. The van der Waals surface area contributed by atoms with Crippen LogP contribution in [0.1, 0.15) is 48.7 Å². The van der Waals surface area contributed by atoms with Crippen LogP contribution in [0.25, 0.3) is 0 Å². The second-order valence-electron chi connectivity index (χ2n) is 7.98. The van der Waals surface area contributed by atoms with E-state index >= 15 is 0 Å². The Hall–Kier alpha value is -3.27. The van der Waals surface area contributed by atoms with Crippen LogP contribution in [0, 0.1) is 0 Å². The van der Waals surface area contributed by atoms with Crippen molar-refractivity contribution in [1.29, 1.82) is 0 Å². The average molecular weight is 401 g/mol. The number of hydrogen-bond acceptors (Lipinski definition) is 3. The number of fused-ring (bicyclic) bond motifs is 1. The maximum absolute atomic E-state index is 13.5. The molecule has 4 rings (SSSR count). The van der Waals surface area contributed by atoms with Gasteiger partial charge in [-0.2, -0.15) is 0 Å². The lowest BCUT2D eigenvalue weighted by molar-refractivity contribution is 0.0509. The lowest BCUT2D eigenvalue weighted by atomic mass is 9.93. The Morgan fingerprint density at radius 2 is 1.63 bits per heavy atom. The summed E-state index contributed by atoms with van der Waals surface area (Å²) < 4.78 is 5.94. The standard InChI is InChI=1S/C26H28N2O2/c1-4-19(2)30-22-16-14-21(15-17-22)26(3)27-24-13-9-8-12-23(24)25(29)28(26)18-20-10-6-5-7-11-20/h5-17,19,27H,4,18H2,1-3H3. The van der Waals surface area contributed by atoms with E-state index in [1.165, 1.54) is 0 Å². The summed E-state index contributed by atoms with van der Waals surface area (Å²) in [5.41, 5.74) is 2.97. The number of carbonyl (C=O) groups is 1. The number of para-hydroxylation sites is 1. The Balaban J connectivity index is 1.73. The maximum atomic E-state index is 13.5. The Bertz CT molecular complexity index is 1020. The van der Waals surface area contributed by atoms with Crippen LogP contribution < -0.4 is 10.1 Å². The quantitative estimate of drug-likeness (QED) is 0.568. The highest BCUT2D eigenvalue weighted by molar-refractivity contribution is 6.02. The van der Waals surface area contributed by atoms with Gasteiger partial charge in [-0.15, -0.1) is 0 Å². The van der Waals surface area contributed by atoms with E-state index in [2.05, 4.69) is 38.2 Å². The number of hydrogen-bond donors (Lipinski definition) is 1. The van der Waals surface area contributed by atoms with Crippen molar-refractivity contribution < 1.29 is 9.53 Å². The molecule has 1 amide bonds. The van der Waals surface area contributed by atoms with Crippen LogP contribution in [-0.2, 0) is 12.2 Å². The first-order valence-electron chi connectivity index (χ1n) is 10.5. The van der Waals surface area contributed by atoms with Crippen molar-refractivity contribution in [1.82, 2.24) is 4.90 Å². The zero-order chi connectivity index (χ0) is 21.1. The fraction of sp³-hybridized carbons (Fsp3) is 0.269. The number of rotatable bonds is 6. The molecule has 2 unspecified atom stereocenters. The Morgan fingerprint density at radius 1 is 0.967 bits per heavy atom. The fourth-order valence-corrected chi connectivity index (χ4v) is 3.85. The summed E-state index contributed by atoms with van der Waals surface area (Å²) >= 11 is 0. The summed E-state index contributed by atoms with van der Waals surface area (Å²) in [7, 11) is 0. The third-order valence-electron chi connectivity index (χ3n) is 5.83. The van der Waals surface area contributed by atoms with E-state index in [-0.39, 0.29) is 12.0 Å². The molecule has 0 aromatic heterocycles. The van der Waals surface area contributed by atoms with Crippen LogP contribution in [0.2, 0.25) is 0 Å². The van der Waals surface area contributed by atoms with Gasteiger partial charge in [0.05, 0.1) is 11.7 Å². The number of benzene rings is 3. The third-order valence-corrected chi connectivity index (χ3v) is 5.83. The smallest absolute Gasteiger partial charge is 0.258 e. The maximum Gasteiger partial charge on any atom is 0.258 e. The molecule has 1 aliphatic heterocycles. The molecule has 1 N–H and O–H groups in total. The summed E-state index contributed by atoms with van der Waals surface area (Å²) in [4.78, 5) is 15.4. The first-order chi connectivity index (χ1) is 14.5. The molecule has 154 valence electrons. The van der Waals surface area contributed by atoms with Crippen molar-refractivity contribution in [3.8, 4) is 5.75 Å². The first-order valence-corrected chi connectivity index (χ1v) is 10.5. The predicted molar refractivity (Wildman–Crippen MR) is 121 cm³/mol. The van der Waals surface area contributed by atoms with E-state index in [0.29, 0.717) is 12.1 Å². The lowest BCUT2D eigenvalue weighted by Gasteiger charge is -2.47. The molecule has 0 spiro atoms. The van der Waals surface area contributed by atoms with E-state index in [4.69, 9.17) is 4.74 Å². The highest BCUT2D eigenvalue weighted by Gasteiger charge is 2.42. The van der Waals surface area contributed by atoms with Crippen molar-refractivity contribution >= 4 is 11.6 Å². The van der Waals surface area contributed by atoms with Gasteiger partial charge >= 0.3 is 0 Å². The topological polar surface area (TPSA) is 41.6 Å². The van der Waals surface area contributed by atoms with E-state index in [1.54, 1.807) is 0 Å². The molecular weight excluding hydrogens is 372 g/mol. The Kier molecular flexibility index (Phi) is 5.49. The molecule has 3 aromatic rings. The van der Waals surface area contributed by atoms with Gasteiger partial charge < -0.3 is 15.0 Å². The molecule has 0 radical (unpaired) electrons. The summed E-state index contributed by atoms with van der Waals surface area (Å²) in [6.45, 7) is 6.75. The van der Waals surface area contributed by atoms with Gasteiger partial charge in [-0.25, -0.2) is 0 Å². The normalized spacial score (nSPS) is 19.0. The Morgan fingerprint density at radius 3 is 2.33 bits per heavy atom. The zero-order valence-electron chi connectivity index (χ0n) is 17.8. The van der Waals surface area contributed by atoms with Crippen LogP contribution in [0.15, 0.2) is 78.9 Å². The average Bonchev–Trinajstić information content (AvgIpc) is 2.77. The van der Waals surface area contributed by atoms with Crippen molar-refractivity contribution in [3.05, 3.63) is 95.6 Å². The largest absolute Gasteiger partial charge is 0.491 e.